The van der Waals surface area contributed by atoms with Gasteiger partial charge in [-0.3, -0.25) is 4.98 Å². The molecule has 0 radical (unpaired) electrons. The first-order valence-corrected chi connectivity index (χ1v) is 12.2. The van der Waals surface area contributed by atoms with Gasteiger partial charge in [-0.1, -0.05) is 30.7 Å². The normalized spacial score (nSPS) is 19.7. The van der Waals surface area contributed by atoms with Crippen molar-refractivity contribution in [2.24, 2.45) is 0 Å². The predicted octanol–water partition coefficient (Wildman–Crippen LogP) is 5.15. The summed E-state index contributed by atoms with van der Waals surface area (Å²) in [4.78, 5) is 4.72. The lowest BCUT2D eigenvalue weighted by Crippen LogP contribution is -2.40. The third-order valence-electron chi connectivity index (χ3n) is 5.76. The minimum absolute atomic E-state index is 0.0353. The van der Waals surface area contributed by atoms with Gasteiger partial charge in [0.1, 0.15) is 0 Å². The van der Waals surface area contributed by atoms with Gasteiger partial charge in [-0.15, -0.1) is 0 Å². The number of halogens is 1. The standard InChI is InChI=1S/C23H26ClN3O2S/c1-2-16-3-10-20(11-4-16)30(28,29)27-19-8-6-18(7-9-19)26-22-13-14-25-23-15-17(24)5-12-21(22)23/h3-5,10-15,18-19,27H,2,6-9H2,1H3,(H,25,26). The summed E-state index contributed by atoms with van der Waals surface area (Å²) in [6.45, 7) is 2.05. The number of fused-ring (bicyclic) bond motifs is 1. The van der Waals surface area contributed by atoms with Gasteiger partial charge in [0, 0.05) is 34.4 Å². The molecule has 1 saturated carbocycles. The van der Waals surface area contributed by atoms with Crippen LogP contribution in [0.5, 0.6) is 0 Å². The van der Waals surface area contributed by atoms with Crippen molar-refractivity contribution in [3.8, 4) is 0 Å². The molecule has 2 N–H and O–H groups in total. The molecule has 158 valence electrons. The van der Waals surface area contributed by atoms with Crippen LogP contribution >= 0.6 is 11.6 Å². The summed E-state index contributed by atoms with van der Waals surface area (Å²) in [5.74, 6) is 0. The lowest BCUT2D eigenvalue weighted by atomic mass is 9.91. The highest BCUT2D eigenvalue weighted by atomic mass is 35.5. The smallest absolute Gasteiger partial charge is 0.240 e. The highest BCUT2D eigenvalue weighted by Gasteiger charge is 2.26. The van der Waals surface area contributed by atoms with Gasteiger partial charge in [-0.25, -0.2) is 13.1 Å². The van der Waals surface area contributed by atoms with E-state index in [0.717, 1.165) is 54.3 Å². The molecule has 1 heterocycles. The van der Waals surface area contributed by atoms with E-state index in [0.29, 0.717) is 16.0 Å². The average molecular weight is 444 g/mol. The van der Waals surface area contributed by atoms with Crippen LogP contribution in [-0.4, -0.2) is 25.5 Å². The first-order valence-electron chi connectivity index (χ1n) is 10.4. The van der Waals surface area contributed by atoms with Crippen molar-refractivity contribution in [1.29, 1.82) is 0 Å². The Morgan fingerprint density at radius 2 is 1.70 bits per heavy atom. The van der Waals surface area contributed by atoms with Crippen molar-refractivity contribution in [3.63, 3.8) is 0 Å². The Morgan fingerprint density at radius 3 is 2.40 bits per heavy atom. The van der Waals surface area contributed by atoms with Gasteiger partial charge in [0.2, 0.25) is 10.0 Å². The first-order chi connectivity index (χ1) is 14.4. The van der Waals surface area contributed by atoms with Gasteiger partial charge in [0.05, 0.1) is 10.4 Å². The molecular formula is C23H26ClN3O2S. The number of benzene rings is 2. The summed E-state index contributed by atoms with van der Waals surface area (Å²) < 4.78 is 28.3. The molecule has 0 aliphatic heterocycles. The average Bonchev–Trinajstić information content (AvgIpc) is 2.75. The molecule has 2 aromatic carbocycles. The van der Waals surface area contributed by atoms with Crippen LogP contribution in [0.4, 0.5) is 5.69 Å². The number of sulfonamides is 1. The molecule has 30 heavy (non-hydrogen) atoms. The highest BCUT2D eigenvalue weighted by Crippen LogP contribution is 2.28. The molecule has 1 aliphatic rings. The van der Waals surface area contributed by atoms with Gasteiger partial charge < -0.3 is 5.32 Å². The van der Waals surface area contributed by atoms with Gasteiger partial charge in [0.15, 0.2) is 0 Å². The van der Waals surface area contributed by atoms with Crippen LogP contribution in [-0.2, 0) is 16.4 Å². The number of hydrogen-bond acceptors (Lipinski definition) is 4. The van der Waals surface area contributed by atoms with Crippen molar-refractivity contribution in [3.05, 3.63) is 65.3 Å². The lowest BCUT2D eigenvalue weighted by Gasteiger charge is -2.30. The zero-order chi connectivity index (χ0) is 21.1. The zero-order valence-electron chi connectivity index (χ0n) is 16.9. The van der Waals surface area contributed by atoms with E-state index in [1.807, 2.05) is 36.4 Å². The van der Waals surface area contributed by atoms with E-state index in [4.69, 9.17) is 11.6 Å². The summed E-state index contributed by atoms with van der Waals surface area (Å²) in [7, 11) is -3.49. The molecule has 0 unspecified atom stereocenters. The molecular weight excluding hydrogens is 418 g/mol. The molecule has 5 nitrogen and oxygen atoms in total. The maximum Gasteiger partial charge on any atom is 0.240 e. The van der Waals surface area contributed by atoms with E-state index in [1.165, 1.54) is 0 Å². The number of aryl methyl sites for hydroxylation is 1. The van der Waals surface area contributed by atoms with Crippen LogP contribution < -0.4 is 10.0 Å². The topological polar surface area (TPSA) is 71.1 Å². The van der Waals surface area contributed by atoms with E-state index in [-0.39, 0.29) is 6.04 Å². The van der Waals surface area contributed by atoms with Crippen LogP contribution in [0.15, 0.2) is 59.6 Å². The molecule has 4 rings (SSSR count). The van der Waals surface area contributed by atoms with E-state index >= 15 is 0 Å². The minimum Gasteiger partial charge on any atom is -0.382 e. The van der Waals surface area contributed by atoms with Crippen LogP contribution in [0.1, 0.15) is 38.2 Å². The van der Waals surface area contributed by atoms with Crippen molar-refractivity contribution in [1.82, 2.24) is 9.71 Å². The molecule has 1 aromatic heterocycles. The van der Waals surface area contributed by atoms with Crippen molar-refractivity contribution >= 4 is 38.2 Å². The number of rotatable bonds is 6. The Kier molecular flexibility index (Phi) is 6.27. The number of anilines is 1. The zero-order valence-corrected chi connectivity index (χ0v) is 18.5. The van der Waals surface area contributed by atoms with Crippen LogP contribution in [0.25, 0.3) is 10.9 Å². The molecule has 0 amide bonds. The van der Waals surface area contributed by atoms with E-state index in [2.05, 4.69) is 21.9 Å². The summed E-state index contributed by atoms with van der Waals surface area (Å²) in [5, 5.41) is 5.32. The highest BCUT2D eigenvalue weighted by molar-refractivity contribution is 7.89. The summed E-state index contributed by atoms with van der Waals surface area (Å²) >= 11 is 6.07. The Morgan fingerprint density at radius 1 is 1.00 bits per heavy atom. The number of aromatic nitrogens is 1. The van der Waals surface area contributed by atoms with Gasteiger partial charge in [-0.05, 0) is 74.1 Å². The van der Waals surface area contributed by atoms with E-state index < -0.39 is 10.0 Å². The number of nitrogens with one attached hydrogen (secondary N) is 2. The maximum atomic E-state index is 12.7. The second-order valence-corrected chi connectivity index (χ2v) is 9.98. The maximum absolute atomic E-state index is 12.7. The third kappa shape index (κ3) is 4.77. The Balaban J connectivity index is 1.37. The predicted molar refractivity (Wildman–Crippen MR) is 123 cm³/mol. The van der Waals surface area contributed by atoms with E-state index in [1.54, 1.807) is 18.3 Å². The van der Waals surface area contributed by atoms with Crippen molar-refractivity contribution in [2.75, 3.05) is 5.32 Å². The third-order valence-corrected chi connectivity index (χ3v) is 7.53. The molecule has 0 saturated heterocycles. The number of nitrogens with zero attached hydrogens (tertiary/aromatic N) is 1. The lowest BCUT2D eigenvalue weighted by molar-refractivity contribution is 0.387. The Hall–Kier alpha value is -2.15. The molecule has 0 bridgehead atoms. The number of pyridine rings is 1. The molecule has 7 heteroatoms. The van der Waals surface area contributed by atoms with Crippen LogP contribution in [0.2, 0.25) is 5.02 Å². The van der Waals surface area contributed by atoms with Crippen molar-refractivity contribution < 1.29 is 8.42 Å². The summed E-state index contributed by atoms with van der Waals surface area (Å²) in [6, 6.07) is 15.1. The summed E-state index contributed by atoms with van der Waals surface area (Å²) in [5.41, 5.74) is 3.03. The molecule has 3 aromatic rings. The Labute approximate surface area is 182 Å². The van der Waals surface area contributed by atoms with Crippen LogP contribution in [0.3, 0.4) is 0 Å². The van der Waals surface area contributed by atoms with Gasteiger partial charge in [-0.2, -0.15) is 0 Å². The van der Waals surface area contributed by atoms with Gasteiger partial charge in [0.25, 0.3) is 0 Å². The quantitative estimate of drug-likeness (QED) is 0.552. The van der Waals surface area contributed by atoms with Gasteiger partial charge >= 0.3 is 0 Å². The Bertz CT molecular complexity index is 1120. The number of hydrogen-bond donors (Lipinski definition) is 2. The SMILES string of the molecule is CCc1ccc(S(=O)(=O)NC2CCC(Nc3ccnc4cc(Cl)ccc34)CC2)cc1. The molecule has 0 atom stereocenters. The monoisotopic (exact) mass is 443 g/mol. The van der Waals surface area contributed by atoms with Crippen LogP contribution in [0, 0.1) is 0 Å². The molecule has 1 fully saturated rings. The largest absolute Gasteiger partial charge is 0.382 e. The summed E-state index contributed by atoms with van der Waals surface area (Å²) in [6.07, 6.45) is 6.09. The fourth-order valence-electron chi connectivity index (χ4n) is 4.01. The molecule has 0 spiro atoms. The fourth-order valence-corrected chi connectivity index (χ4v) is 5.49. The minimum atomic E-state index is -3.49. The second-order valence-electron chi connectivity index (χ2n) is 7.83. The molecule has 1 aliphatic carbocycles. The van der Waals surface area contributed by atoms with E-state index in [9.17, 15) is 8.42 Å². The second kappa shape index (κ2) is 8.92. The first kappa shape index (κ1) is 21.1. The van der Waals surface area contributed by atoms with Crippen molar-refractivity contribution in [2.45, 2.75) is 56.0 Å². The fraction of sp³-hybridized carbons (Fsp3) is 0.348.